The molecule has 1 unspecified atom stereocenters. The molecule has 0 N–H and O–H groups in total. The summed E-state index contributed by atoms with van der Waals surface area (Å²) in [6.45, 7) is 7.05. The number of nitrogens with zero attached hydrogens (tertiary/aromatic N) is 4. The first kappa shape index (κ1) is 24.5. The fraction of sp³-hybridized carbons (Fsp3) is 0.310. The predicted molar refractivity (Wildman–Crippen MR) is 150 cm³/mol. The molecule has 190 valence electrons. The lowest BCUT2D eigenvalue weighted by Crippen LogP contribution is -2.54. The summed E-state index contributed by atoms with van der Waals surface area (Å²) in [7, 11) is 0. The smallest absolute Gasteiger partial charge is 0.269 e. The quantitative estimate of drug-likeness (QED) is 0.476. The zero-order valence-electron chi connectivity index (χ0n) is 20.8. The van der Waals surface area contributed by atoms with E-state index in [1.807, 2.05) is 54.3 Å². The molecule has 2 fully saturated rings. The van der Waals surface area contributed by atoms with Crippen LogP contribution in [0.5, 0.6) is 0 Å². The van der Waals surface area contributed by atoms with E-state index in [9.17, 15) is 9.59 Å². The topological polar surface area (TPSA) is 47.1 Å². The summed E-state index contributed by atoms with van der Waals surface area (Å²) in [5.74, 6) is 0.106. The molecule has 0 aliphatic carbocycles. The molecule has 3 heterocycles. The van der Waals surface area contributed by atoms with Gasteiger partial charge in [0.15, 0.2) is 0 Å². The molecule has 6 nitrogen and oxygen atoms in total. The second kappa shape index (κ2) is 9.80. The van der Waals surface area contributed by atoms with Crippen molar-refractivity contribution in [3.63, 3.8) is 0 Å². The molecular formula is C29H29ClN4O2S. The molecule has 3 aliphatic rings. The number of benzene rings is 3. The highest BCUT2D eigenvalue weighted by Crippen LogP contribution is 2.55. The molecule has 3 aromatic rings. The van der Waals surface area contributed by atoms with Crippen LogP contribution in [0.1, 0.15) is 16.7 Å². The maximum atomic E-state index is 14.3. The number of halogens is 1. The van der Waals surface area contributed by atoms with Crippen LogP contribution < -0.4 is 9.80 Å². The van der Waals surface area contributed by atoms with E-state index in [4.69, 9.17) is 11.6 Å². The molecule has 3 aliphatic heterocycles. The van der Waals surface area contributed by atoms with Crippen LogP contribution in [0.15, 0.2) is 72.8 Å². The van der Waals surface area contributed by atoms with Crippen molar-refractivity contribution in [1.82, 2.24) is 9.80 Å². The van der Waals surface area contributed by atoms with Gasteiger partial charge in [-0.25, -0.2) is 0 Å². The van der Waals surface area contributed by atoms with Gasteiger partial charge in [-0.1, -0.05) is 66.2 Å². The minimum absolute atomic E-state index is 0.0621. The van der Waals surface area contributed by atoms with Gasteiger partial charge < -0.3 is 0 Å². The number of hydrogen-bond donors (Lipinski definition) is 0. The first-order valence-electron chi connectivity index (χ1n) is 12.6. The number of anilines is 2. The van der Waals surface area contributed by atoms with Crippen LogP contribution in [0, 0.1) is 6.92 Å². The van der Waals surface area contributed by atoms with Crippen LogP contribution in [0.25, 0.3) is 0 Å². The Morgan fingerprint density at radius 2 is 1.59 bits per heavy atom. The van der Waals surface area contributed by atoms with E-state index in [2.05, 4.69) is 34.1 Å². The average molecular weight is 533 g/mol. The van der Waals surface area contributed by atoms with Crippen LogP contribution in [-0.2, 0) is 21.0 Å². The van der Waals surface area contributed by atoms with Gasteiger partial charge in [0.05, 0.1) is 18.1 Å². The molecule has 3 aromatic carbocycles. The van der Waals surface area contributed by atoms with Crippen LogP contribution in [0.3, 0.4) is 0 Å². The molecular weight excluding hydrogens is 504 g/mol. The molecule has 2 saturated heterocycles. The Morgan fingerprint density at radius 3 is 2.35 bits per heavy atom. The second-order valence-corrected chi connectivity index (χ2v) is 11.4. The fourth-order valence-electron chi connectivity index (χ4n) is 5.55. The summed E-state index contributed by atoms with van der Waals surface area (Å²) in [4.78, 5) is 34.8. The fourth-order valence-corrected chi connectivity index (χ4v) is 7.08. The van der Waals surface area contributed by atoms with E-state index in [0.717, 1.165) is 49.5 Å². The van der Waals surface area contributed by atoms with Gasteiger partial charge >= 0.3 is 0 Å². The molecule has 8 heteroatoms. The molecule has 0 saturated carbocycles. The van der Waals surface area contributed by atoms with Crippen LogP contribution >= 0.6 is 23.4 Å². The van der Waals surface area contributed by atoms with Crippen molar-refractivity contribution in [2.24, 2.45) is 0 Å². The summed E-state index contributed by atoms with van der Waals surface area (Å²) in [5, 5.41) is 0.585. The number of piperazine rings is 1. The number of hydrogen-bond acceptors (Lipinski definition) is 5. The third-order valence-electron chi connectivity index (χ3n) is 7.53. The summed E-state index contributed by atoms with van der Waals surface area (Å²) in [6.07, 6.45) is 0. The van der Waals surface area contributed by atoms with Gasteiger partial charge in [-0.15, -0.1) is 11.8 Å². The average Bonchev–Trinajstić information content (AvgIpc) is 3.38. The summed E-state index contributed by atoms with van der Waals surface area (Å²) >= 11 is 7.85. The maximum Gasteiger partial charge on any atom is 0.269 e. The molecule has 0 bridgehead atoms. The van der Waals surface area contributed by atoms with Gasteiger partial charge in [-0.05, 0) is 36.2 Å². The number of aryl methyl sites for hydroxylation is 1. The minimum atomic E-state index is -1.11. The van der Waals surface area contributed by atoms with E-state index in [0.29, 0.717) is 17.4 Å². The van der Waals surface area contributed by atoms with Gasteiger partial charge in [0, 0.05) is 49.0 Å². The zero-order chi connectivity index (χ0) is 25.6. The summed E-state index contributed by atoms with van der Waals surface area (Å²) in [6, 6.07) is 24.0. The van der Waals surface area contributed by atoms with Gasteiger partial charge in [-0.3, -0.25) is 29.2 Å². The van der Waals surface area contributed by atoms with Gasteiger partial charge in [0.25, 0.3) is 5.91 Å². The largest absolute Gasteiger partial charge is 0.297 e. The Kier molecular flexibility index (Phi) is 6.49. The Morgan fingerprint density at radius 1 is 0.892 bits per heavy atom. The Bertz CT molecular complexity index is 1340. The van der Waals surface area contributed by atoms with Gasteiger partial charge in [0.2, 0.25) is 10.8 Å². The van der Waals surface area contributed by atoms with Crippen molar-refractivity contribution in [2.75, 3.05) is 48.4 Å². The lowest BCUT2D eigenvalue weighted by Gasteiger charge is -2.37. The van der Waals surface area contributed by atoms with Gasteiger partial charge in [-0.2, -0.15) is 0 Å². The lowest BCUT2D eigenvalue weighted by molar-refractivity contribution is -0.124. The highest BCUT2D eigenvalue weighted by molar-refractivity contribution is 8.02. The second-order valence-electron chi connectivity index (χ2n) is 9.87. The van der Waals surface area contributed by atoms with Crippen molar-refractivity contribution >= 4 is 46.6 Å². The zero-order valence-corrected chi connectivity index (χ0v) is 22.3. The van der Waals surface area contributed by atoms with E-state index in [1.54, 1.807) is 11.0 Å². The lowest BCUT2D eigenvalue weighted by atomic mass is 10.0. The van der Waals surface area contributed by atoms with Crippen LogP contribution in [0.4, 0.5) is 11.4 Å². The normalized spacial score (nSPS) is 22.3. The number of para-hydroxylation sites is 1. The molecule has 2 amide bonds. The van der Waals surface area contributed by atoms with Gasteiger partial charge in [0.1, 0.15) is 0 Å². The summed E-state index contributed by atoms with van der Waals surface area (Å²) < 4.78 is 0. The molecule has 37 heavy (non-hydrogen) atoms. The molecule has 0 aromatic heterocycles. The number of thioether (sulfide) groups is 1. The number of amides is 2. The number of carbonyl (C=O) groups excluding carboxylic acids is 2. The molecule has 6 rings (SSSR count). The minimum Gasteiger partial charge on any atom is -0.297 e. The summed E-state index contributed by atoms with van der Waals surface area (Å²) in [5.41, 5.74) is 4.66. The first-order valence-corrected chi connectivity index (χ1v) is 14.0. The molecule has 1 spiro atoms. The Balaban J connectivity index is 1.25. The van der Waals surface area contributed by atoms with Crippen LogP contribution in [-0.4, -0.2) is 60.2 Å². The van der Waals surface area contributed by atoms with Crippen molar-refractivity contribution in [3.8, 4) is 0 Å². The number of fused-ring (bicyclic) bond motifs is 2. The van der Waals surface area contributed by atoms with Crippen molar-refractivity contribution in [2.45, 2.75) is 18.3 Å². The van der Waals surface area contributed by atoms with E-state index < -0.39 is 4.87 Å². The van der Waals surface area contributed by atoms with E-state index in [1.165, 1.54) is 17.3 Å². The highest BCUT2D eigenvalue weighted by atomic mass is 35.5. The van der Waals surface area contributed by atoms with E-state index in [-0.39, 0.29) is 17.6 Å². The monoisotopic (exact) mass is 532 g/mol. The molecule has 1 atom stereocenters. The SMILES string of the molecule is Cc1ccc(N2C(=O)CSC23C(=O)N(CN2CCN(Cc4ccccc4)CC2)c2ccccc23)cc1Cl. The van der Waals surface area contributed by atoms with Crippen LogP contribution in [0.2, 0.25) is 5.02 Å². The maximum absolute atomic E-state index is 14.3. The molecule has 0 radical (unpaired) electrons. The first-order chi connectivity index (χ1) is 18.0. The third kappa shape index (κ3) is 4.24. The predicted octanol–water partition coefficient (Wildman–Crippen LogP) is 4.70. The number of carbonyl (C=O) groups is 2. The number of rotatable bonds is 5. The van der Waals surface area contributed by atoms with Crippen molar-refractivity contribution < 1.29 is 9.59 Å². The highest BCUT2D eigenvalue weighted by Gasteiger charge is 2.61. The standard InChI is InChI=1S/C29H29ClN4O2S/c1-21-11-12-23(17-25(21)30)34-27(35)19-37-29(34)24-9-5-6-10-26(24)33(28(29)36)20-32-15-13-31(14-16-32)18-22-7-3-2-4-8-22/h2-12,17H,13-16,18-20H2,1H3. The third-order valence-corrected chi connectivity index (χ3v) is 9.33. The Labute approximate surface area is 226 Å². The van der Waals surface area contributed by atoms with Crippen molar-refractivity contribution in [1.29, 1.82) is 0 Å². The van der Waals surface area contributed by atoms with Crippen molar-refractivity contribution in [3.05, 3.63) is 94.5 Å². The van der Waals surface area contributed by atoms with E-state index >= 15 is 0 Å². The Hall–Kier alpha value is -2.84.